The number of aliphatic hydroxyl groups is 1. The average Bonchev–Trinajstić information content (AvgIpc) is 2.46. The maximum atomic E-state index is 13.8. The minimum absolute atomic E-state index is 0.0572. The van der Waals surface area contributed by atoms with Crippen LogP contribution in [-0.2, 0) is 10.0 Å². The maximum absolute atomic E-state index is 13.8. The molecule has 1 fully saturated rings. The lowest BCUT2D eigenvalue weighted by Gasteiger charge is -2.35. The molecule has 0 aliphatic heterocycles. The number of benzene rings is 1. The first kappa shape index (κ1) is 16.9. The summed E-state index contributed by atoms with van der Waals surface area (Å²) in [6, 6.07) is 3.84. The molecule has 1 aromatic carbocycles. The summed E-state index contributed by atoms with van der Waals surface area (Å²) in [6.45, 7) is 0.0830. The van der Waals surface area contributed by atoms with Gasteiger partial charge in [-0.1, -0.05) is 35.2 Å². The molecule has 118 valence electrons. The summed E-state index contributed by atoms with van der Waals surface area (Å²) in [5.74, 6) is -0.793. The first-order valence-electron chi connectivity index (χ1n) is 6.94. The van der Waals surface area contributed by atoms with Crippen molar-refractivity contribution in [2.45, 2.75) is 37.0 Å². The molecular weight excluding hydrogens is 361 g/mol. The Morgan fingerprint density at radius 2 is 1.95 bits per heavy atom. The average molecular weight is 380 g/mol. The van der Waals surface area contributed by atoms with E-state index in [4.69, 9.17) is 0 Å². The van der Waals surface area contributed by atoms with Gasteiger partial charge in [0.05, 0.1) is 0 Å². The summed E-state index contributed by atoms with van der Waals surface area (Å²) < 4.78 is 41.2. The van der Waals surface area contributed by atoms with E-state index < -0.39 is 21.3 Å². The highest BCUT2D eigenvalue weighted by atomic mass is 79.9. The molecule has 0 radical (unpaired) electrons. The van der Waals surface area contributed by atoms with Crippen LogP contribution in [0.5, 0.6) is 0 Å². The summed E-state index contributed by atoms with van der Waals surface area (Å²) >= 11 is 3.10. The lowest BCUT2D eigenvalue weighted by molar-refractivity contribution is 0.0867. The fourth-order valence-corrected chi connectivity index (χ4v) is 4.26. The molecule has 0 bridgehead atoms. The van der Waals surface area contributed by atoms with Crippen molar-refractivity contribution in [1.82, 2.24) is 4.72 Å². The molecule has 0 saturated heterocycles. The Hall–Kier alpha value is -0.500. The molecule has 0 unspecified atom stereocenters. The predicted octanol–water partition coefficient (Wildman–Crippen LogP) is 2.81. The van der Waals surface area contributed by atoms with Crippen molar-refractivity contribution in [3.63, 3.8) is 0 Å². The van der Waals surface area contributed by atoms with Crippen LogP contribution in [0.2, 0.25) is 0 Å². The third kappa shape index (κ3) is 4.03. The molecule has 0 heterocycles. The minimum Gasteiger partial charge on any atom is -0.396 e. The van der Waals surface area contributed by atoms with E-state index in [1.165, 1.54) is 12.1 Å². The molecule has 0 amide bonds. The zero-order chi connectivity index (χ0) is 15.5. The standard InChI is InChI=1S/C14H19BrFNO3S/c15-11-4-5-13(12(16)8-11)21(19,20)17-9-14(10-18)6-2-1-3-7-14/h4-5,8,17-18H,1-3,6-7,9-10H2. The topological polar surface area (TPSA) is 66.4 Å². The van der Waals surface area contributed by atoms with E-state index in [2.05, 4.69) is 20.7 Å². The molecule has 1 aliphatic carbocycles. The number of halogens is 2. The van der Waals surface area contributed by atoms with Crippen LogP contribution in [0.25, 0.3) is 0 Å². The SMILES string of the molecule is O=S(=O)(NCC1(CO)CCCCC1)c1ccc(Br)cc1F. The number of sulfonamides is 1. The zero-order valence-electron chi connectivity index (χ0n) is 11.6. The van der Waals surface area contributed by atoms with Crippen molar-refractivity contribution in [2.24, 2.45) is 5.41 Å². The first-order chi connectivity index (χ1) is 9.88. The van der Waals surface area contributed by atoms with Gasteiger partial charge in [0, 0.05) is 23.0 Å². The van der Waals surface area contributed by atoms with Crippen LogP contribution in [0.1, 0.15) is 32.1 Å². The van der Waals surface area contributed by atoms with Crippen molar-refractivity contribution in [3.05, 3.63) is 28.5 Å². The molecular formula is C14H19BrFNO3S. The number of nitrogens with one attached hydrogen (secondary N) is 1. The van der Waals surface area contributed by atoms with Crippen LogP contribution in [-0.4, -0.2) is 26.7 Å². The van der Waals surface area contributed by atoms with Gasteiger partial charge in [-0.25, -0.2) is 17.5 Å². The Kier molecular flexibility index (Phi) is 5.40. The van der Waals surface area contributed by atoms with Gasteiger partial charge in [-0.15, -0.1) is 0 Å². The van der Waals surface area contributed by atoms with Crippen molar-refractivity contribution >= 4 is 26.0 Å². The van der Waals surface area contributed by atoms with E-state index in [1.807, 2.05) is 0 Å². The van der Waals surface area contributed by atoms with Crippen molar-refractivity contribution in [2.75, 3.05) is 13.2 Å². The van der Waals surface area contributed by atoms with E-state index in [0.29, 0.717) is 4.47 Å². The lowest BCUT2D eigenvalue weighted by Crippen LogP contribution is -2.41. The van der Waals surface area contributed by atoms with Gasteiger partial charge in [0.15, 0.2) is 0 Å². The van der Waals surface area contributed by atoms with Gasteiger partial charge in [-0.3, -0.25) is 0 Å². The highest BCUT2D eigenvalue weighted by molar-refractivity contribution is 9.10. The van der Waals surface area contributed by atoms with Crippen LogP contribution in [0.15, 0.2) is 27.6 Å². The third-order valence-electron chi connectivity index (χ3n) is 4.07. The summed E-state index contributed by atoms with van der Waals surface area (Å²) in [5.41, 5.74) is -0.419. The lowest BCUT2D eigenvalue weighted by atomic mass is 9.75. The summed E-state index contributed by atoms with van der Waals surface area (Å²) in [7, 11) is -3.91. The number of hydrogen-bond donors (Lipinski definition) is 2. The highest BCUT2D eigenvalue weighted by Crippen LogP contribution is 2.35. The summed E-state index contributed by atoms with van der Waals surface area (Å²) in [6.07, 6.45) is 4.64. The molecule has 1 aliphatic rings. The Balaban J connectivity index is 2.13. The van der Waals surface area contributed by atoms with Crippen LogP contribution in [0, 0.1) is 11.2 Å². The molecule has 4 nitrogen and oxygen atoms in total. The molecule has 2 N–H and O–H groups in total. The largest absolute Gasteiger partial charge is 0.396 e. The Bertz CT molecular complexity index is 600. The number of aliphatic hydroxyl groups excluding tert-OH is 1. The number of hydrogen-bond acceptors (Lipinski definition) is 3. The fourth-order valence-electron chi connectivity index (χ4n) is 2.71. The van der Waals surface area contributed by atoms with Crippen LogP contribution >= 0.6 is 15.9 Å². The van der Waals surface area contributed by atoms with Gasteiger partial charge in [-0.2, -0.15) is 0 Å². The molecule has 0 spiro atoms. The first-order valence-corrected chi connectivity index (χ1v) is 9.22. The van der Waals surface area contributed by atoms with Crippen LogP contribution in [0.3, 0.4) is 0 Å². The molecule has 1 saturated carbocycles. The van der Waals surface area contributed by atoms with E-state index in [-0.39, 0.29) is 18.0 Å². The second kappa shape index (κ2) is 6.73. The van der Waals surface area contributed by atoms with Crippen molar-refractivity contribution < 1.29 is 17.9 Å². The molecule has 2 rings (SSSR count). The van der Waals surface area contributed by atoms with Crippen LogP contribution in [0.4, 0.5) is 4.39 Å². The van der Waals surface area contributed by atoms with Crippen LogP contribution < -0.4 is 4.72 Å². The summed E-state index contributed by atoms with van der Waals surface area (Å²) in [4.78, 5) is -0.366. The quantitative estimate of drug-likeness (QED) is 0.826. The monoisotopic (exact) mass is 379 g/mol. The molecule has 21 heavy (non-hydrogen) atoms. The Morgan fingerprint density at radius 3 is 2.52 bits per heavy atom. The normalized spacial score (nSPS) is 18.6. The number of rotatable bonds is 5. The zero-order valence-corrected chi connectivity index (χ0v) is 14.0. The fraction of sp³-hybridized carbons (Fsp3) is 0.571. The maximum Gasteiger partial charge on any atom is 0.243 e. The van der Waals surface area contributed by atoms with Gasteiger partial charge in [0.2, 0.25) is 10.0 Å². The van der Waals surface area contributed by atoms with Crippen molar-refractivity contribution in [1.29, 1.82) is 0 Å². The van der Waals surface area contributed by atoms with Gasteiger partial charge < -0.3 is 5.11 Å². The van der Waals surface area contributed by atoms with Gasteiger partial charge in [0.25, 0.3) is 0 Å². The Morgan fingerprint density at radius 1 is 1.29 bits per heavy atom. The second-order valence-electron chi connectivity index (χ2n) is 5.62. The van der Waals surface area contributed by atoms with E-state index in [1.54, 1.807) is 0 Å². The van der Waals surface area contributed by atoms with E-state index in [9.17, 15) is 17.9 Å². The molecule has 7 heteroatoms. The molecule has 1 aromatic rings. The minimum atomic E-state index is -3.91. The third-order valence-corrected chi connectivity index (χ3v) is 6.00. The highest BCUT2D eigenvalue weighted by Gasteiger charge is 2.33. The van der Waals surface area contributed by atoms with Gasteiger partial charge in [0.1, 0.15) is 10.7 Å². The smallest absolute Gasteiger partial charge is 0.243 e. The van der Waals surface area contributed by atoms with Gasteiger partial charge >= 0.3 is 0 Å². The van der Waals surface area contributed by atoms with E-state index in [0.717, 1.165) is 38.2 Å². The Labute approximate surface area is 132 Å². The van der Waals surface area contributed by atoms with E-state index >= 15 is 0 Å². The summed E-state index contributed by atoms with van der Waals surface area (Å²) in [5, 5.41) is 9.58. The van der Waals surface area contributed by atoms with Gasteiger partial charge in [-0.05, 0) is 31.0 Å². The molecule has 0 atom stereocenters. The predicted molar refractivity (Wildman–Crippen MR) is 81.9 cm³/mol. The van der Waals surface area contributed by atoms with Crippen molar-refractivity contribution in [3.8, 4) is 0 Å². The molecule has 0 aromatic heterocycles. The second-order valence-corrected chi connectivity index (χ2v) is 8.27.